The molecule has 0 aliphatic carbocycles. The van der Waals surface area contributed by atoms with Crippen LogP contribution < -0.4 is 10.2 Å². The third kappa shape index (κ3) is 3.53. The van der Waals surface area contributed by atoms with Crippen molar-refractivity contribution in [3.8, 4) is 0 Å². The predicted molar refractivity (Wildman–Crippen MR) is 90.2 cm³/mol. The summed E-state index contributed by atoms with van der Waals surface area (Å²) in [6, 6.07) is 13.4. The SMILES string of the molecule is CN1C(=O)C(CC(=O)NCc2ccccc2)Sc2ncccc21. The summed E-state index contributed by atoms with van der Waals surface area (Å²) in [5.41, 5.74) is 1.83. The number of thioether (sulfide) groups is 1. The van der Waals surface area contributed by atoms with Crippen LogP contribution in [0.3, 0.4) is 0 Å². The highest BCUT2D eigenvalue weighted by atomic mass is 32.2. The highest BCUT2D eigenvalue weighted by molar-refractivity contribution is 8.00. The molecular formula is C17H17N3O2S. The number of fused-ring (bicyclic) bond motifs is 1. The molecule has 118 valence electrons. The minimum Gasteiger partial charge on any atom is -0.352 e. The number of nitrogens with one attached hydrogen (secondary N) is 1. The van der Waals surface area contributed by atoms with Gasteiger partial charge in [0.1, 0.15) is 5.03 Å². The van der Waals surface area contributed by atoms with Crippen molar-refractivity contribution in [2.45, 2.75) is 23.2 Å². The predicted octanol–water partition coefficient (Wildman–Crippen LogP) is 2.23. The number of amides is 2. The van der Waals surface area contributed by atoms with Crippen molar-refractivity contribution in [1.29, 1.82) is 0 Å². The Kier molecular flexibility index (Phi) is 4.62. The minimum atomic E-state index is -0.432. The van der Waals surface area contributed by atoms with E-state index in [4.69, 9.17) is 0 Å². The van der Waals surface area contributed by atoms with E-state index in [1.807, 2.05) is 36.4 Å². The molecule has 23 heavy (non-hydrogen) atoms. The molecule has 1 unspecified atom stereocenters. The molecule has 1 atom stereocenters. The first kappa shape index (κ1) is 15.6. The van der Waals surface area contributed by atoms with Gasteiger partial charge in [-0.2, -0.15) is 0 Å². The molecule has 2 aromatic rings. The molecule has 3 rings (SSSR count). The number of nitrogens with zero attached hydrogens (tertiary/aromatic N) is 2. The number of hydrogen-bond donors (Lipinski definition) is 1. The van der Waals surface area contributed by atoms with Crippen molar-refractivity contribution < 1.29 is 9.59 Å². The van der Waals surface area contributed by atoms with Gasteiger partial charge in [0.05, 0.1) is 10.9 Å². The summed E-state index contributed by atoms with van der Waals surface area (Å²) in [5.74, 6) is -0.196. The van der Waals surface area contributed by atoms with Crippen LogP contribution in [-0.2, 0) is 16.1 Å². The lowest BCUT2D eigenvalue weighted by molar-refractivity contribution is -0.124. The second-order valence-corrected chi connectivity index (χ2v) is 6.49. The molecule has 2 heterocycles. The molecule has 1 aliphatic rings. The Morgan fingerprint density at radius 2 is 2.04 bits per heavy atom. The molecule has 1 aromatic carbocycles. The Morgan fingerprint density at radius 1 is 1.26 bits per heavy atom. The van der Waals surface area contributed by atoms with E-state index < -0.39 is 5.25 Å². The van der Waals surface area contributed by atoms with Crippen LogP contribution in [0.25, 0.3) is 0 Å². The van der Waals surface area contributed by atoms with Gasteiger partial charge >= 0.3 is 0 Å². The summed E-state index contributed by atoms with van der Waals surface area (Å²) in [7, 11) is 1.72. The average Bonchev–Trinajstić information content (AvgIpc) is 2.58. The fourth-order valence-electron chi connectivity index (χ4n) is 2.41. The Bertz CT molecular complexity index is 721. The standard InChI is InChI=1S/C17H17N3O2S/c1-20-13-8-5-9-18-16(13)23-14(17(20)22)10-15(21)19-11-12-6-3-2-4-7-12/h2-9,14H,10-11H2,1H3,(H,19,21). The van der Waals surface area contributed by atoms with Gasteiger partial charge in [-0.3, -0.25) is 9.59 Å². The van der Waals surface area contributed by atoms with Crippen molar-refractivity contribution in [1.82, 2.24) is 10.3 Å². The fraction of sp³-hybridized carbons (Fsp3) is 0.235. The molecule has 5 nitrogen and oxygen atoms in total. The molecule has 1 aromatic heterocycles. The fourth-order valence-corrected chi connectivity index (χ4v) is 3.62. The minimum absolute atomic E-state index is 0.0645. The normalized spacial score (nSPS) is 16.8. The first-order chi connectivity index (χ1) is 11.1. The Balaban J connectivity index is 1.62. The molecule has 2 amide bonds. The van der Waals surface area contributed by atoms with Gasteiger partial charge in [-0.25, -0.2) is 4.98 Å². The van der Waals surface area contributed by atoms with E-state index >= 15 is 0 Å². The number of benzene rings is 1. The van der Waals surface area contributed by atoms with Crippen LogP contribution in [0.4, 0.5) is 5.69 Å². The van der Waals surface area contributed by atoms with Gasteiger partial charge in [0.15, 0.2) is 0 Å². The zero-order chi connectivity index (χ0) is 16.2. The second kappa shape index (κ2) is 6.83. The number of rotatable bonds is 4. The van der Waals surface area contributed by atoms with E-state index in [2.05, 4.69) is 10.3 Å². The highest BCUT2D eigenvalue weighted by Crippen LogP contribution is 2.37. The van der Waals surface area contributed by atoms with E-state index in [1.165, 1.54) is 11.8 Å². The Hall–Kier alpha value is -2.34. The van der Waals surface area contributed by atoms with Crippen LogP contribution >= 0.6 is 11.8 Å². The first-order valence-electron chi connectivity index (χ1n) is 7.35. The molecule has 1 N–H and O–H groups in total. The third-order valence-electron chi connectivity index (χ3n) is 3.68. The van der Waals surface area contributed by atoms with Crippen LogP contribution in [-0.4, -0.2) is 29.1 Å². The smallest absolute Gasteiger partial charge is 0.240 e. The van der Waals surface area contributed by atoms with Crippen LogP contribution in [0.15, 0.2) is 53.7 Å². The maximum atomic E-state index is 12.4. The van der Waals surface area contributed by atoms with Crippen LogP contribution in [0.5, 0.6) is 0 Å². The van der Waals surface area contributed by atoms with Crippen molar-refractivity contribution in [3.05, 3.63) is 54.2 Å². The van der Waals surface area contributed by atoms with Gasteiger partial charge in [-0.05, 0) is 17.7 Å². The molecule has 0 radical (unpaired) electrons. The largest absolute Gasteiger partial charge is 0.352 e. The van der Waals surface area contributed by atoms with E-state index in [9.17, 15) is 9.59 Å². The van der Waals surface area contributed by atoms with Crippen LogP contribution in [0, 0.1) is 0 Å². The van der Waals surface area contributed by atoms with Crippen molar-refractivity contribution in [3.63, 3.8) is 0 Å². The summed E-state index contributed by atoms with van der Waals surface area (Å²) in [6.07, 6.45) is 1.85. The number of anilines is 1. The Labute approximate surface area is 139 Å². The molecular weight excluding hydrogens is 310 g/mol. The molecule has 0 saturated carbocycles. The van der Waals surface area contributed by atoms with Gasteiger partial charge in [0, 0.05) is 26.2 Å². The summed E-state index contributed by atoms with van der Waals surface area (Å²) < 4.78 is 0. The summed E-state index contributed by atoms with van der Waals surface area (Å²) in [4.78, 5) is 30.4. The maximum Gasteiger partial charge on any atom is 0.240 e. The topological polar surface area (TPSA) is 62.3 Å². The van der Waals surface area contributed by atoms with Crippen LogP contribution in [0.2, 0.25) is 0 Å². The van der Waals surface area contributed by atoms with Crippen molar-refractivity contribution in [2.24, 2.45) is 0 Å². The number of carbonyl (C=O) groups excluding carboxylic acids is 2. The third-order valence-corrected chi connectivity index (χ3v) is 4.87. The maximum absolute atomic E-state index is 12.4. The summed E-state index contributed by atoms with van der Waals surface area (Å²) in [5, 5.41) is 3.22. The van der Waals surface area contributed by atoms with E-state index in [0.29, 0.717) is 6.54 Å². The zero-order valence-electron chi connectivity index (χ0n) is 12.7. The highest BCUT2D eigenvalue weighted by Gasteiger charge is 2.33. The molecule has 0 fully saturated rings. The summed E-state index contributed by atoms with van der Waals surface area (Å²) in [6.45, 7) is 0.468. The number of pyridine rings is 1. The van der Waals surface area contributed by atoms with Gasteiger partial charge in [0.2, 0.25) is 11.8 Å². The van der Waals surface area contributed by atoms with Gasteiger partial charge in [-0.1, -0.05) is 42.1 Å². The number of carbonyl (C=O) groups is 2. The van der Waals surface area contributed by atoms with E-state index in [-0.39, 0.29) is 18.2 Å². The second-order valence-electron chi connectivity index (χ2n) is 5.30. The van der Waals surface area contributed by atoms with Gasteiger partial charge < -0.3 is 10.2 Å². The molecule has 6 heteroatoms. The summed E-state index contributed by atoms with van der Waals surface area (Å²) >= 11 is 1.36. The number of aromatic nitrogens is 1. The van der Waals surface area contributed by atoms with Crippen molar-refractivity contribution >= 4 is 29.3 Å². The quantitative estimate of drug-likeness (QED) is 0.935. The van der Waals surface area contributed by atoms with E-state index in [0.717, 1.165) is 16.3 Å². The van der Waals surface area contributed by atoms with E-state index in [1.54, 1.807) is 24.2 Å². The number of hydrogen-bond acceptors (Lipinski definition) is 4. The lowest BCUT2D eigenvalue weighted by Crippen LogP contribution is -2.41. The van der Waals surface area contributed by atoms with Gasteiger partial charge in [-0.15, -0.1) is 0 Å². The first-order valence-corrected chi connectivity index (χ1v) is 8.23. The molecule has 1 aliphatic heterocycles. The van der Waals surface area contributed by atoms with Crippen molar-refractivity contribution in [2.75, 3.05) is 11.9 Å². The molecule has 0 saturated heterocycles. The molecule has 0 spiro atoms. The Morgan fingerprint density at radius 3 is 2.83 bits per heavy atom. The lowest BCUT2D eigenvalue weighted by atomic mass is 10.2. The van der Waals surface area contributed by atoms with Gasteiger partial charge in [0.25, 0.3) is 0 Å². The lowest BCUT2D eigenvalue weighted by Gasteiger charge is -2.29. The van der Waals surface area contributed by atoms with Crippen LogP contribution in [0.1, 0.15) is 12.0 Å². The zero-order valence-corrected chi connectivity index (χ0v) is 13.5. The molecule has 0 bridgehead atoms. The average molecular weight is 327 g/mol. The monoisotopic (exact) mass is 327 g/mol.